The third kappa shape index (κ3) is 3.34. The average Bonchev–Trinajstić information content (AvgIpc) is 3.28. The van der Waals surface area contributed by atoms with Crippen LogP contribution in [0.3, 0.4) is 0 Å². The number of para-hydroxylation sites is 1. The van der Waals surface area contributed by atoms with E-state index in [1.165, 1.54) is 22.7 Å². The Bertz CT molecular complexity index is 918. The molecule has 6 nitrogen and oxygen atoms in total. The van der Waals surface area contributed by atoms with Crippen molar-refractivity contribution in [3.63, 3.8) is 0 Å². The van der Waals surface area contributed by atoms with Crippen LogP contribution in [0.15, 0.2) is 35.5 Å². The fourth-order valence-electron chi connectivity index (χ4n) is 3.18. The minimum absolute atomic E-state index is 0.00586. The van der Waals surface area contributed by atoms with Gasteiger partial charge < -0.3 is 10.1 Å². The van der Waals surface area contributed by atoms with E-state index in [0.29, 0.717) is 12.3 Å². The quantitative estimate of drug-likeness (QED) is 0.712. The molecule has 0 radical (unpaired) electrons. The van der Waals surface area contributed by atoms with E-state index in [2.05, 4.69) is 34.6 Å². The molecule has 1 aliphatic heterocycles. The second kappa shape index (κ2) is 7.01. The van der Waals surface area contributed by atoms with Crippen molar-refractivity contribution in [1.82, 2.24) is 19.9 Å². The highest BCUT2D eigenvalue weighted by Crippen LogP contribution is 2.25. The number of hydrogen-bond donors (Lipinski definition) is 1. The predicted molar refractivity (Wildman–Crippen MR) is 97.9 cm³/mol. The molecule has 1 atom stereocenters. The van der Waals surface area contributed by atoms with Crippen LogP contribution >= 0.6 is 11.8 Å². The molecule has 3 aromatic rings. The summed E-state index contributed by atoms with van der Waals surface area (Å²) in [5, 5.41) is 13.4. The van der Waals surface area contributed by atoms with Crippen molar-refractivity contribution in [3.05, 3.63) is 35.9 Å². The molecular weight excluding hydrogens is 336 g/mol. The number of nitrogens with one attached hydrogen (secondary N) is 1. The Morgan fingerprint density at radius 1 is 1.40 bits per heavy atom. The van der Waals surface area contributed by atoms with Gasteiger partial charge in [-0.15, -0.1) is 10.2 Å². The number of ether oxygens (including phenoxy) is 1. The summed E-state index contributed by atoms with van der Waals surface area (Å²) in [5.74, 6) is 0.309. The molecule has 7 heteroatoms. The van der Waals surface area contributed by atoms with E-state index in [0.717, 1.165) is 35.8 Å². The Hall–Kier alpha value is -2.12. The van der Waals surface area contributed by atoms with Crippen LogP contribution in [0.2, 0.25) is 0 Å². The van der Waals surface area contributed by atoms with Crippen molar-refractivity contribution in [2.24, 2.45) is 0 Å². The number of hydrogen-bond acceptors (Lipinski definition) is 5. The van der Waals surface area contributed by atoms with Crippen LogP contribution in [-0.2, 0) is 9.53 Å². The summed E-state index contributed by atoms with van der Waals surface area (Å²) in [4.78, 5) is 12.1. The van der Waals surface area contributed by atoms with Gasteiger partial charge in [-0.2, -0.15) is 0 Å². The van der Waals surface area contributed by atoms with Crippen LogP contribution in [0.1, 0.15) is 18.4 Å². The van der Waals surface area contributed by atoms with Gasteiger partial charge >= 0.3 is 0 Å². The largest absolute Gasteiger partial charge is 0.376 e. The summed E-state index contributed by atoms with van der Waals surface area (Å²) in [6, 6.07) is 10.2. The summed E-state index contributed by atoms with van der Waals surface area (Å²) in [6.45, 7) is 3.46. The van der Waals surface area contributed by atoms with Crippen molar-refractivity contribution in [1.29, 1.82) is 0 Å². The smallest absolute Gasteiger partial charge is 0.230 e. The highest BCUT2D eigenvalue weighted by atomic mass is 32.2. The van der Waals surface area contributed by atoms with Gasteiger partial charge in [0.05, 0.1) is 17.4 Å². The zero-order chi connectivity index (χ0) is 17.2. The van der Waals surface area contributed by atoms with E-state index in [1.54, 1.807) is 0 Å². The predicted octanol–water partition coefficient (Wildman–Crippen LogP) is 2.58. The number of aromatic nitrogens is 3. The van der Waals surface area contributed by atoms with Crippen LogP contribution in [0, 0.1) is 6.92 Å². The molecule has 1 amide bonds. The van der Waals surface area contributed by atoms with Crippen molar-refractivity contribution in [2.45, 2.75) is 31.0 Å². The maximum Gasteiger partial charge on any atom is 0.230 e. The van der Waals surface area contributed by atoms with Crippen molar-refractivity contribution in [3.8, 4) is 0 Å². The number of rotatable bonds is 5. The lowest BCUT2D eigenvalue weighted by atomic mass is 10.1. The Morgan fingerprint density at radius 2 is 2.28 bits per heavy atom. The van der Waals surface area contributed by atoms with Crippen LogP contribution in [0.25, 0.3) is 16.6 Å². The summed E-state index contributed by atoms with van der Waals surface area (Å²) in [5.41, 5.74) is 3.03. The van der Waals surface area contributed by atoms with Crippen molar-refractivity contribution in [2.75, 3.05) is 18.9 Å². The molecule has 1 aromatic carbocycles. The number of benzene rings is 1. The number of carbonyl (C=O) groups is 1. The first kappa shape index (κ1) is 16.4. The normalized spacial score (nSPS) is 17.4. The SMILES string of the molecule is Cc1cc2nnc(SCC(=O)NC[C@@H]3CCCO3)n2c2ccccc12. The van der Waals surface area contributed by atoms with Crippen LogP contribution in [0.5, 0.6) is 0 Å². The molecule has 0 aliphatic carbocycles. The number of pyridine rings is 1. The summed E-state index contributed by atoms with van der Waals surface area (Å²) < 4.78 is 7.54. The molecule has 1 saturated heterocycles. The summed E-state index contributed by atoms with van der Waals surface area (Å²) in [7, 11) is 0. The van der Waals surface area contributed by atoms with Gasteiger partial charge in [-0.25, -0.2) is 0 Å². The van der Waals surface area contributed by atoms with E-state index < -0.39 is 0 Å². The molecule has 1 N–H and O–H groups in total. The minimum Gasteiger partial charge on any atom is -0.376 e. The number of fused-ring (bicyclic) bond motifs is 3. The van der Waals surface area contributed by atoms with Crippen LogP contribution < -0.4 is 5.32 Å². The fraction of sp³-hybridized carbons (Fsp3) is 0.389. The van der Waals surface area contributed by atoms with Gasteiger partial charge in [0.2, 0.25) is 5.91 Å². The number of amides is 1. The lowest BCUT2D eigenvalue weighted by Crippen LogP contribution is -2.32. The average molecular weight is 356 g/mol. The van der Waals surface area contributed by atoms with E-state index >= 15 is 0 Å². The number of thioether (sulfide) groups is 1. The highest BCUT2D eigenvalue weighted by molar-refractivity contribution is 7.99. The first-order valence-electron chi connectivity index (χ1n) is 8.47. The van der Waals surface area contributed by atoms with Gasteiger partial charge in [0.15, 0.2) is 10.8 Å². The Labute approximate surface area is 150 Å². The zero-order valence-electron chi connectivity index (χ0n) is 14.1. The molecule has 1 fully saturated rings. The van der Waals surface area contributed by atoms with Gasteiger partial charge in [-0.05, 0) is 37.5 Å². The minimum atomic E-state index is -0.00586. The Balaban J connectivity index is 1.50. The highest BCUT2D eigenvalue weighted by Gasteiger charge is 2.17. The number of aryl methyl sites for hydroxylation is 1. The molecule has 0 spiro atoms. The first-order chi connectivity index (χ1) is 12.2. The van der Waals surface area contributed by atoms with Gasteiger partial charge in [0, 0.05) is 18.5 Å². The van der Waals surface area contributed by atoms with Gasteiger partial charge in [0.1, 0.15) is 0 Å². The Kier molecular flexibility index (Phi) is 4.59. The lowest BCUT2D eigenvalue weighted by molar-refractivity contribution is -0.119. The van der Waals surface area contributed by atoms with Gasteiger partial charge in [-0.1, -0.05) is 30.0 Å². The van der Waals surface area contributed by atoms with Crippen LogP contribution in [-0.4, -0.2) is 45.5 Å². The second-order valence-corrected chi connectivity index (χ2v) is 7.19. The summed E-state index contributed by atoms with van der Waals surface area (Å²) in [6.07, 6.45) is 2.26. The molecule has 1 aliphatic rings. The van der Waals surface area contributed by atoms with Gasteiger partial charge in [0.25, 0.3) is 0 Å². The molecule has 0 bridgehead atoms. The Morgan fingerprint density at radius 3 is 3.12 bits per heavy atom. The third-order valence-electron chi connectivity index (χ3n) is 4.46. The molecule has 0 saturated carbocycles. The molecule has 2 aromatic heterocycles. The molecule has 3 heterocycles. The summed E-state index contributed by atoms with van der Waals surface area (Å²) >= 11 is 1.40. The number of nitrogens with zero attached hydrogens (tertiary/aromatic N) is 3. The molecule has 4 rings (SSSR count). The monoisotopic (exact) mass is 356 g/mol. The van der Waals surface area contributed by atoms with Gasteiger partial charge in [-0.3, -0.25) is 9.20 Å². The standard InChI is InChI=1S/C18H20N4O2S/c1-12-9-16-20-21-18(22(16)15-7-3-2-6-14(12)15)25-11-17(23)19-10-13-5-4-8-24-13/h2-3,6-7,9,13H,4-5,8,10-11H2,1H3,(H,19,23)/t13-/m0/s1. The van der Waals surface area contributed by atoms with E-state index in [9.17, 15) is 4.79 Å². The van der Waals surface area contributed by atoms with Crippen molar-refractivity contribution < 1.29 is 9.53 Å². The first-order valence-corrected chi connectivity index (χ1v) is 9.45. The van der Waals surface area contributed by atoms with E-state index in [4.69, 9.17) is 4.74 Å². The lowest BCUT2D eigenvalue weighted by Gasteiger charge is -2.10. The topological polar surface area (TPSA) is 68.5 Å². The third-order valence-corrected chi connectivity index (χ3v) is 5.39. The molecular formula is C18H20N4O2S. The zero-order valence-corrected chi connectivity index (χ0v) is 14.9. The maximum absolute atomic E-state index is 12.1. The fourth-order valence-corrected chi connectivity index (χ4v) is 3.96. The second-order valence-electron chi connectivity index (χ2n) is 6.25. The number of carbonyl (C=O) groups excluding carboxylic acids is 1. The van der Waals surface area contributed by atoms with E-state index in [1.807, 2.05) is 22.6 Å². The van der Waals surface area contributed by atoms with E-state index in [-0.39, 0.29) is 12.0 Å². The van der Waals surface area contributed by atoms with Crippen LogP contribution in [0.4, 0.5) is 0 Å². The molecule has 25 heavy (non-hydrogen) atoms. The molecule has 0 unspecified atom stereocenters. The maximum atomic E-state index is 12.1. The molecule has 130 valence electrons. The van der Waals surface area contributed by atoms with Crippen molar-refractivity contribution >= 4 is 34.2 Å².